The number of carboxylic acid groups (broad SMARTS) is 1. The molecule has 2 aromatic rings. The molecule has 0 atom stereocenters. The highest BCUT2D eigenvalue weighted by Crippen LogP contribution is 2.48. The van der Waals surface area contributed by atoms with Gasteiger partial charge in [-0.1, -0.05) is 42.0 Å². The van der Waals surface area contributed by atoms with E-state index in [1.54, 1.807) is 0 Å². The predicted molar refractivity (Wildman–Crippen MR) is 67.2 cm³/mol. The van der Waals surface area contributed by atoms with Gasteiger partial charge in [-0.2, -0.15) is 0 Å². The molecule has 0 aromatic heterocycles. The Kier molecular flexibility index (Phi) is 2.02. The Morgan fingerprint density at radius 1 is 1.12 bits per heavy atom. The molecule has 0 amide bonds. The molecule has 0 radical (unpaired) electrons. The number of rotatable bonds is 2. The normalized spacial score (nSPS) is 17.0. The van der Waals surface area contributed by atoms with Crippen molar-refractivity contribution in [3.8, 4) is 0 Å². The van der Waals surface area contributed by atoms with Gasteiger partial charge < -0.3 is 5.11 Å². The van der Waals surface area contributed by atoms with E-state index in [0.29, 0.717) is 0 Å². The van der Waals surface area contributed by atoms with E-state index in [4.69, 9.17) is 0 Å². The number of carbonyl (C=O) groups is 1. The van der Waals surface area contributed by atoms with Crippen molar-refractivity contribution < 1.29 is 9.90 Å². The highest BCUT2D eigenvalue weighted by molar-refractivity contribution is 5.89. The van der Waals surface area contributed by atoms with E-state index in [1.807, 2.05) is 18.2 Å². The van der Waals surface area contributed by atoms with E-state index in [-0.39, 0.29) is 0 Å². The summed E-state index contributed by atoms with van der Waals surface area (Å²) in [6.07, 6.45) is 1.53. The summed E-state index contributed by atoms with van der Waals surface area (Å²) >= 11 is 0. The molecule has 0 aliphatic heterocycles. The van der Waals surface area contributed by atoms with Crippen LogP contribution in [0.3, 0.4) is 0 Å². The van der Waals surface area contributed by atoms with Crippen LogP contribution in [0, 0.1) is 6.92 Å². The zero-order chi connectivity index (χ0) is 12.0. The van der Waals surface area contributed by atoms with Gasteiger partial charge in [-0.15, -0.1) is 0 Å². The quantitative estimate of drug-likeness (QED) is 0.853. The van der Waals surface area contributed by atoms with Crippen LogP contribution in [0.1, 0.15) is 24.0 Å². The van der Waals surface area contributed by atoms with E-state index >= 15 is 0 Å². The van der Waals surface area contributed by atoms with Crippen molar-refractivity contribution in [2.75, 3.05) is 0 Å². The Labute approximate surface area is 99.9 Å². The van der Waals surface area contributed by atoms with Gasteiger partial charge in [0.15, 0.2) is 0 Å². The zero-order valence-electron chi connectivity index (χ0n) is 9.73. The summed E-state index contributed by atoms with van der Waals surface area (Å²) in [5.74, 6) is -0.691. The van der Waals surface area contributed by atoms with Crippen molar-refractivity contribution in [3.05, 3.63) is 47.5 Å². The first-order chi connectivity index (χ1) is 8.12. The van der Waals surface area contributed by atoms with Crippen LogP contribution in [-0.2, 0) is 10.2 Å². The number of aryl methyl sites for hydroxylation is 1. The molecule has 1 aliphatic carbocycles. The molecule has 17 heavy (non-hydrogen) atoms. The van der Waals surface area contributed by atoms with Crippen LogP contribution in [-0.4, -0.2) is 11.1 Å². The minimum Gasteiger partial charge on any atom is -0.481 e. The summed E-state index contributed by atoms with van der Waals surface area (Å²) in [6, 6.07) is 12.3. The fourth-order valence-electron chi connectivity index (χ4n) is 2.41. The van der Waals surface area contributed by atoms with Crippen molar-refractivity contribution in [1.82, 2.24) is 0 Å². The maximum Gasteiger partial charge on any atom is 0.314 e. The lowest BCUT2D eigenvalue weighted by atomic mass is 9.93. The van der Waals surface area contributed by atoms with Crippen molar-refractivity contribution in [3.63, 3.8) is 0 Å². The fraction of sp³-hybridized carbons (Fsp3) is 0.267. The third-order valence-electron chi connectivity index (χ3n) is 3.71. The summed E-state index contributed by atoms with van der Waals surface area (Å²) < 4.78 is 0. The van der Waals surface area contributed by atoms with E-state index in [0.717, 1.165) is 23.8 Å². The lowest BCUT2D eigenvalue weighted by molar-refractivity contribution is -0.140. The Morgan fingerprint density at radius 2 is 1.76 bits per heavy atom. The Balaban J connectivity index is 2.15. The van der Waals surface area contributed by atoms with Gasteiger partial charge in [0.1, 0.15) is 0 Å². The molecular weight excluding hydrogens is 212 g/mol. The molecule has 86 valence electrons. The largest absolute Gasteiger partial charge is 0.481 e. The average molecular weight is 226 g/mol. The molecule has 2 nitrogen and oxygen atoms in total. The van der Waals surface area contributed by atoms with Gasteiger partial charge in [-0.05, 0) is 36.1 Å². The van der Waals surface area contributed by atoms with Gasteiger partial charge in [0.2, 0.25) is 0 Å². The molecule has 1 N–H and O–H groups in total. The van der Waals surface area contributed by atoms with Crippen molar-refractivity contribution in [2.45, 2.75) is 25.2 Å². The van der Waals surface area contributed by atoms with Gasteiger partial charge in [0.25, 0.3) is 0 Å². The molecule has 1 aliphatic rings. The summed E-state index contributed by atoms with van der Waals surface area (Å²) in [4.78, 5) is 11.3. The van der Waals surface area contributed by atoms with Crippen LogP contribution in [0.25, 0.3) is 10.8 Å². The standard InChI is InChI=1S/C15H14O2/c1-10-2-3-12-9-13(5-4-11(12)8-10)15(6-7-15)14(16)17/h2-5,8-9H,6-7H2,1H3,(H,16,17). The van der Waals surface area contributed by atoms with Crippen LogP contribution >= 0.6 is 0 Å². The highest BCUT2D eigenvalue weighted by Gasteiger charge is 2.51. The van der Waals surface area contributed by atoms with E-state index in [1.165, 1.54) is 10.9 Å². The molecule has 2 aromatic carbocycles. The first-order valence-electron chi connectivity index (χ1n) is 5.86. The Hall–Kier alpha value is -1.83. The number of aliphatic carboxylic acids is 1. The molecular formula is C15H14O2. The summed E-state index contributed by atoms with van der Waals surface area (Å²) in [5.41, 5.74) is 1.57. The van der Waals surface area contributed by atoms with Crippen molar-refractivity contribution in [1.29, 1.82) is 0 Å². The highest BCUT2D eigenvalue weighted by atomic mass is 16.4. The number of fused-ring (bicyclic) bond motifs is 1. The first kappa shape index (κ1) is 10.3. The van der Waals surface area contributed by atoms with Crippen molar-refractivity contribution in [2.24, 2.45) is 0 Å². The predicted octanol–water partition coefficient (Wildman–Crippen LogP) is 3.26. The molecule has 0 saturated heterocycles. The molecule has 3 rings (SSSR count). The topological polar surface area (TPSA) is 37.3 Å². The van der Waals surface area contributed by atoms with Gasteiger partial charge >= 0.3 is 5.97 Å². The first-order valence-corrected chi connectivity index (χ1v) is 5.86. The average Bonchev–Trinajstić information content (AvgIpc) is 3.09. The molecule has 0 spiro atoms. The second-order valence-corrected chi connectivity index (χ2v) is 4.95. The Bertz CT molecular complexity index is 609. The van der Waals surface area contributed by atoms with Gasteiger partial charge in [-0.25, -0.2) is 0 Å². The summed E-state index contributed by atoms with van der Waals surface area (Å²) in [6.45, 7) is 2.06. The number of hydrogen-bond acceptors (Lipinski definition) is 1. The molecule has 0 heterocycles. The number of benzene rings is 2. The number of hydrogen-bond donors (Lipinski definition) is 1. The summed E-state index contributed by atoms with van der Waals surface area (Å²) in [5, 5.41) is 11.6. The fourth-order valence-corrected chi connectivity index (χ4v) is 2.41. The second kappa shape index (κ2) is 3.33. The monoisotopic (exact) mass is 226 g/mol. The van der Waals surface area contributed by atoms with Crippen LogP contribution < -0.4 is 0 Å². The maximum absolute atomic E-state index is 11.3. The van der Waals surface area contributed by atoms with Gasteiger partial charge in [-0.3, -0.25) is 4.79 Å². The van der Waals surface area contributed by atoms with Crippen molar-refractivity contribution >= 4 is 16.7 Å². The van der Waals surface area contributed by atoms with Gasteiger partial charge in [0, 0.05) is 0 Å². The minimum absolute atomic E-state index is 0.598. The SMILES string of the molecule is Cc1ccc2cc(C3(C(=O)O)CC3)ccc2c1. The third kappa shape index (κ3) is 1.52. The zero-order valence-corrected chi connectivity index (χ0v) is 9.73. The molecule has 0 bridgehead atoms. The molecule has 0 unspecified atom stereocenters. The number of carboxylic acids is 1. The lowest BCUT2D eigenvalue weighted by Crippen LogP contribution is -2.19. The van der Waals surface area contributed by atoms with E-state index in [2.05, 4.69) is 25.1 Å². The molecule has 1 saturated carbocycles. The minimum atomic E-state index is -0.691. The van der Waals surface area contributed by atoms with Crippen LogP contribution in [0.5, 0.6) is 0 Å². The third-order valence-corrected chi connectivity index (χ3v) is 3.71. The second-order valence-electron chi connectivity index (χ2n) is 4.95. The lowest BCUT2D eigenvalue weighted by Gasteiger charge is -2.11. The van der Waals surface area contributed by atoms with Crippen LogP contribution in [0.2, 0.25) is 0 Å². The smallest absolute Gasteiger partial charge is 0.314 e. The van der Waals surface area contributed by atoms with Gasteiger partial charge in [0.05, 0.1) is 5.41 Å². The van der Waals surface area contributed by atoms with Crippen LogP contribution in [0.15, 0.2) is 36.4 Å². The Morgan fingerprint density at radius 3 is 2.41 bits per heavy atom. The summed E-state index contributed by atoms with van der Waals surface area (Å²) in [7, 11) is 0. The molecule has 1 fully saturated rings. The molecule has 2 heteroatoms. The maximum atomic E-state index is 11.3. The van der Waals surface area contributed by atoms with E-state index in [9.17, 15) is 9.90 Å². The van der Waals surface area contributed by atoms with E-state index < -0.39 is 11.4 Å². The van der Waals surface area contributed by atoms with Crippen LogP contribution in [0.4, 0.5) is 0 Å².